The number of carbonyl (C=O) groups excluding carboxylic acids is 2. The first-order valence-electron chi connectivity index (χ1n) is 10.8. The number of rotatable bonds is 13. The molecule has 1 aromatic rings. The van der Waals surface area contributed by atoms with Crippen molar-refractivity contribution in [3.8, 4) is 0 Å². The highest BCUT2D eigenvalue weighted by atomic mass is 35.5. The van der Waals surface area contributed by atoms with Crippen molar-refractivity contribution in [1.29, 1.82) is 0 Å². The second-order valence-electron chi connectivity index (χ2n) is 8.10. The largest absolute Gasteiger partial charge is 0.462 e. The standard InChI is InChI=1S/C24H36ClNO4/c1-6-7-8-9-10-11-12-19-15-20(13-14-21(19)25)26-24(28)30-22(18(4)5)23(27)29-16-17(2)3/h13-15,17,22H,4,6-12,16H2,1-3,5H3,(H,26,28). The molecule has 1 atom stereocenters. The lowest BCUT2D eigenvalue weighted by Gasteiger charge is -2.18. The van der Waals surface area contributed by atoms with Gasteiger partial charge in [-0.15, -0.1) is 0 Å². The number of esters is 1. The van der Waals surface area contributed by atoms with Crippen LogP contribution in [0.1, 0.15) is 71.8 Å². The van der Waals surface area contributed by atoms with Crippen LogP contribution in [-0.2, 0) is 20.7 Å². The van der Waals surface area contributed by atoms with Crippen molar-refractivity contribution in [2.45, 2.75) is 78.7 Å². The summed E-state index contributed by atoms with van der Waals surface area (Å²) in [5.41, 5.74) is 1.96. The Balaban J connectivity index is 2.62. The van der Waals surface area contributed by atoms with Gasteiger partial charge in [0.2, 0.25) is 6.10 Å². The molecule has 0 spiro atoms. The van der Waals surface area contributed by atoms with E-state index in [1.165, 1.54) is 25.7 Å². The monoisotopic (exact) mass is 437 g/mol. The molecule has 0 aliphatic rings. The summed E-state index contributed by atoms with van der Waals surface area (Å²) in [6.45, 7) is 11.7. The van der Waals surface area contributed by atoms with Gasteiger partial charge in [0.25, 0.3) is 0 Å². The highest BCUT2D eigenvalue weighted by Gasteiger charge is 2.25. The quantitative estimate of drug-likeness (QED) is 0.206. The minimum absolute atomic E-state index is 0.188. The van der Waals surface area contributed by atoms with E-state index in [4.69, 9.17) is 21.1 Å². The van der Waals surface area contributed by atoms with Crippen LogP contribution in [0.2, 0.25) is 5.02 Å². The van der Waals surface area contributed by atoms with Crippen molar-refractivity contribution >= 4 is 29.4 Å². The van der Waals surface area contributed by atoms with Gasteiger partial charge in [-0.1, -0.05) is 71.1 Å². The summed E-state index contributed by atoms with van der Waals surface area (Å²) in [4.78, 5) is 24.5. The molecule has 0 heterocycles. The third-order valence-corrected chi connectivity index (χ3v) is 4.91. The van der Waals surface area contributed by atoms with E-state index in [0.717, 1.165) is 24.8 Å². The predicted octanol–water partition coefficient (Wildman–Crippen LogP) is 6.94. The third-order valence-electron chi connectivity index (χ3n) is 4.54. The number of hydrogen-bond acceptors (Lipinski definition) is 4. The van der Waals surface area contributed by atoms with Crippen molar-refractivity contribution in [3.63, 3.8) is 0 Å². The first-order chi connectivity index (χ1) is 14.2. The molecule has 1 amide bonds. The van der Waals surface area contributed by atoms with Crippen LogP contribution in [0.15, 0.2) is 30.4 Å². The summed E-state index contributed by atoms with van der Waals surface area (Å²) in [6.07, 6.45) is 6.19. The van der Waals surface area contributed by atoms with Crippen LogP contribution in [0.3, 0.4) is 0 Å². The number of anilines is 1. The second kappa shape index (κ2) is 14.1. The number of nitrogens with one attached hydrogen (secondary N) is 1. The molecule has 0 bridgehead atoms. The number of amides is 1. The fraction of sp³-hybridized carbons (Fsp3) is 0.583. The van der Waals surface area contributed by atoms with Gasteiger partial charge in [-0.2, -0.15) is 0 Å². The molecule has 0 aliphatic heterocycles. The van der Waals surface area contributed by atoms with Crippen LogP contribution in [0.5, 0.6) is 0 Å². The van der Waals surface area contributed by atoms with E-state index in [1.54, 1.807) is 19.1 Å². The molecule has 6 heteroatoms. The molecule has 1 rings (SSSR count). The van der Waals surface area contributed by atoms with Gasteiger partial charge in [-0.05, 0) is 55.0 Å². The topological polar surface area (TPSA) is 64.6 Å². The van der Waals surface area contributed by atoms with Crippen molar-refractivity contribution < 1.29 is 19.1 Å². The van der Waals surface area contributed by atoms with E-state index >= 15 is 0 Å². The Morgan fingerprint density at radius 2 is 1.80 bits per heavy atom. The normalized spacial score (nSPS) is 11.8. The number of halogens is 1. The van der Waals surface area contributed by atoms with Crippen molar-refractivity contribution in [2.75, 3.05) is 11.9 Å². The van der Waals surface area contributed by atoms with Crippen LogP contribution < -0.4 is 5.32 Å². The fourth-order valence-corrected chi connectivity index (χ4v) is 3.08. The Morgan fingerprint density at radius 3 is 2.43 bits per heavy atom. The van der Waals surface area contributed by atoms with E-state index in [9.17, 15) is 9.59 Å². The van der Waals surface area contributed by atoms with Gasteiger partial charge in [0.1, 0.15) is 0 Å². The Morgan fingerprint density at radius 1 is 1.13 bits per heavy atom. The zero-order valence-electron chi connectivity index (χ0n) is 18.8. The van der Waals surface area contributed by atoms with Crippen LogP contribution in [-0.4, -0.2) is 24.8 Å². The number of benzene rings is 1. The molecule has 0 saturated heterocycles. The van der Waals surface area contributed by atoms with Gasteiger partial charge in [0.15, 0.2) is 0 Å². The van der Waals surface area contributed by atoms with E-state index < -0.39 is 18.2 Å². The number of unbranched alkanes of at least 4 members (excludes halogenated alkanes) is 5. The van der Waals surface area contributed by atoms with Gasteiger partial charge in [0.05, 0.1) is 6.61 Å². The number of hydrogen-bond donors (Lipinski definition) is 1. The molecular formula is C24H36ClNO4. The van der Waals surface area contributed by atoms with Crippen molar-refractivity contribution in [3.05, 3.63) is 40.9 Å². The minimum atomic E-state index is -1.14. The summed E-state index contributed by atoms with van der Waals surface area (Å²) in [6, 6.07) is 5.32. The van der Waals surface area contributed by atoms with Gasteiger partial charge in [0, 0.05) is 10.7 Å². The summed E-state index contributed by atoms with van der Waals surface area (Å²) >= 11 is 6.31. The molecule has 0 radical (unpaired) electrons. The van der Waals surface area contributed by atoms with Crippen molar-refractivity contribution in [2.24, 2.45) is 5.92 Å². The van der Waals surface area contributed by atoms with Crippen LogP contribution >= 0.6 is 11.6 Å². The lowest BCUT2D eigenvalue weighted by Crippen LogP contribution is -2.32. The molecule has 1 aromatic carbocycles. The van der Waals surface area contributed by atoms with E-state index in [0.29, 0.717) is 16.3 Å². The second-order valence-corrected chi connectivity index (χ2v) is 8.51. The third kappa shape index (κ3) is 10.1. The predicted molar refractivity (Wildman–Crippen MR) is 123 cm³/mol. The lowest BCUT2D eigenvalue weighted by molar-refractivity contribution is -0.152. The van der Waals surface area contributed by atoms with Crippen LogP contribution in [0, 0.1) is 5.92 Å². The van der Waals surface area contributed by atoms with Gasteiger partial charge in [-0.25, -0.2) is 9.59 Å². The first-order valence-corrected chi connectivity index (χ1v) is 11.2. The average molecular weight is 438 g/mol. The SMILES string of the molecule is C=C(C)C(OC(=O)Nc1ccc(Cl)c(CCCCCCCC)c1)C(=O)OCC(C)C. The average Bonchev–Trinajstić information content (AvgIpc) is 2.68. The molecule has 1 unspecified atom stereocenters. The molecular weight excluding hydrogens is 402 g/mol. The molecule has 30 heavy (non-hydrogen) atoms. The lowest BCUT2D eigenvalue weighted by atomic mass is 10.0. The molecule has 1 N–H and O–H groups in total. The smallest absolute Gasteiger partial charge is 0.412 e. The number of aryl methyl sites for hydroxylation is 1. The Labute approximate surface area is 186 Å². The number of ether oxygens (including phenoxy) is 2. The van der Waals surface area contributed by atoms with E-state index in [2.05, 4.69) is 18.8 Å². The summed E-state index contributed by atoms with van der Waals surface area (Å²) in [5, 5.41) is 3.34. The zero-order valence-corrected chi connectivity index (χ0v) is 19.5. The van der Waals surface area contributed by atoms with Gasteiger partial charge in [-0.3, -0.25) is 5.32 Å². The Bertz CT molecular complexity index is 702. The molecule has 5 nitrogen and oxygen atoms in total. The maximum atomic E-state index is 12.3. The fourth-order valence-electron chi connectivity index (χ4n) is 2.87. The highest BCUT2D eigenvalue weighted by Crippen LogP contribution is 2.23. The van der Waals surface area contributed by atoms with Crippen molar-refractivity contribution in [1.82, 2.24) is 0 Å². The Hall–Kier alpha value is -2.01. The molecule has 0 aliphatic carbocycles. The first kappa shape index (κ1) is 26.0. The summed E-state index contributed by atoms with van der Waals surface area (Å²) in [5.74, 6) is -0.432. The van der Waals surface area contributed by atoms with Crippen LogP contribution in [0.25, 0.3) is 0 Å². The molecule has 0 saturated carbocycles. The molecule has 0 fully saturated rings. The highest BCUT2D eigenvalue weighted by molar-refractivity contribution is 6.31. The van der Waals surface area contributed by atoms with Gasteiger partial charge < -0.3 is 9.47 Å². The summed E-state index contributed by atoms with van der Waals surface area (Å²) in [7, 11) is 0. The molecule has 0 aromatic heterocycles. The Kier molecular flexibility index (Phi) is 12.2. The minimum Gasteiger partial charge on any atom is -0.462 e. The maximum absolute atomic E-state index is 12.3. The maximum Gasteiger partial charge on any atom is 0.412 e. The molecule has 168 valence electrons. The number of carbonyl (C=O) groups is 2. The van der Waals surface area contributed by atoms with E-state index in [-0.39, 0.29) is 12.5 Å². The zero-order chi connectivity index (χ0) is 22.5. The van der Waals surface area contributed by atoms with E-state index in [1.807, 2.05) is 19.9 Å². The summed E-state index contributed by atoms with van der Waals surface area (Å²) < 4.78 is 10.4. The van der Waals surface area contributed by atoms with Gasteiger partial charge >= 0.3 is 12.1 Å². The van der Waals surface area contributed by atoms with Crippen LogP contribution in [0.4, 0.5) is 10.5 Å².